The molecule has 0 amide bonds. The standard InChI is InChI=1S/C9H10BrN3/c1-2-3-8-12-7-5-11-4-6(10)9(7)13-8/h4-5H,2-3H2,1H3,(H,12,13). The molecule has 0 aromatic carbocycles. The first kappa shape index (κ1) is 8.69. The van der Waals surface area contributed by atoms with Crippen molar-refractivity contribution in [3.8, 4) is 0 Å². The summed E-state index contributed by atoms with van der Waals surface area (Å²) < 4.78 is 0.948. The third-order valence-electron chi connectivity index (χ3n) is 1.89. The molecule has 1 N–H and O–H groups in total. The van der Waals surface area contributed by atoms with Crippen LogP contribution in [-0.4, -0.2) is 15.0 Å². The van der Waals surface area contributed by atoms with E-state index in [0.29, 0.717) is 0 Å². The van der Waals surface area contributed by atoms with Gasteiger partial charge in [-0.1, -0.05) is 6.92 Å². The lowest BCUT2D eigenvalue weighted by molar-refractivity contribution is 0.861. The van der Waals surface area contributed by atoms with Gasteiger partial charge < -0.3 is 4.98 Å². The van der Waals surface area contributed by atoms with Gasteiger partial charge in [0.25, 0.3) is 0 Å². The first-order valence-electron chi connectivity index (χ1n) is 4.29. The molecule has 2 rings (SSSR count). The zero-order chi connectivity index (χ0) is 9.26. The zero-order valence-corrected chi connectivity index (χ0v) is 8.93. The molecule has 0 aliphatic rings. The maximum absolute atomic E-state index is 4.46. The molecule has 0 unspecified atom stereocenters. The highest BCUT2D eigenvalue weighted by atomic mass is 79.9. The summed E-state index contributed by atoms with van der Waals surface area (Å²) in [4.78, 5) is 11.8. The summed E-state index contributed by atoms with van der Waals surface area (Å²) in [6, 6.07) is 0. The van der Waals surface area contributed by atoms with Crippen molar-refractivity contribution in [2.75, 3.05) is 0 Å². The predicted molar refractivity (Wildman–Crippen MR) is 55.6 cm³/mol. The molecule has 68 valence electrons. The van der Waals surface area contributed by atoms with Gasteiger partial charge in [-0.25, -0.2) is 4.98 Å². The highest BCUT2D eigenvalue weighted by molar-refractivity contribution is 9.10. The van der Waals surface area contributed by atoms with Crippen LogP contribution in [-0.2, 0) is 6.42 Å². The van der Waals surface area contributed by atoms with Gasteiger partial charge in [-0.15, -0.1) is 0 Å². The molecule has 0 aliphatic heterocycles. The fourth-order valence-corrected chi connectivity index (χ4v) is 1.73. The van der Waals surface area contributed by atoms with Crippen molar-refractivity contribution in [2.45, 2.75) is 19.8 Å². The zero-order valence-electron chi connectivity index (χ0n) is 7.34. The molecule has 3 nitrogen and oxygen atoms in total. The summed E-state index contributed by atoms with van der Waals surface area (Å²) >= 11 is 3.42. The number of pyridine rings is 1. The molecule has 2 aromatic rings. The normalized spacial score (nSPS) is 10.9. The van der Waals surface area contributed by atoms with E-state index in [2.05, 4.69) is 37.8 Å². The van der Waals surface area contributed by atoms with Crippen molar-refractivity contribution in [3.05, 3.63) is 22.7 Å². The number of halogens is 1. The van der Waals surface area contributed by atoms with Gasteiger partial charge >= 0.3 is 0 Å². The third-order valence-corrected chi connectivity index (χ3v) is 2.47. The quantitative estimate of drug-likeness (QED) is 0.876. The second kappa shape index (κ2) is 3.46. The van der Waals surface area contributed by atoms with Crippen molar-refractivity contribution in [1.29, 1.82) is 0 Å². The van der Waals surface area contributed by atoms with Crippen LogP contribution in [0.25, 0.3) is 11.0 Å². The van der Waals surface area contributed by atoms with Crippen molar-refractivity contribution < 1.29 is 0 Å². The Labute approximate surface area is 84.7 Å². The second-order valence-corrected chi connectivity index (χ2v) is 3.81. The number of fused-ring (bicyclic) bond motifs is 1. The maximum Gasteiger partial charge on any atom is 0.107 e. The summed E-state index contributed by atoms with van der Waals surface area (Å²) in [6.45, 7) is 2.14. The maximum atomic E-state index is 4.46. The molecule has 0 saturated heterocycles. The summed E-state index contributed by atoms with van der Waals surface area (Å²) in [5, 5.41) is 0. The number of nitrogens with zero attached hydrogens (tertiary/aromatic N) is 2. The molecule has 0 spiro atoms. The smallest absolute Gasteiger partial charge is 0.107 e. The fraction of sp³-hybridized carbons (Fsp3) is 0.333. The van der Waals surface area contributed by atoms with Crippen LogP contribution in [0.4, 0.5) is 0 Å². The molecule has 0 bridgehead atoms. The largest absolute Gasteiger partial charge is 0.341 e. The van der Waals surface area contributed by atoms with E-state index in [9.17, 15) is 0 Å². The van der Waals surface area contributed by atoms with E-state index >= 15 is 0 Å². The molecule has 0 atom stereocenters. The molecule has 2 heterocycles. The number of nitrogens with one attached hydrogen (secondary N) is 1. The van der Waals surface area contributed by atoms with Gasteiger partial charge in [0.15, 0.2) is 0 Å². The molecule has 0 fully saturated rings. The molecule has 2 aromatic heterocycles. The van der Waals surface area contributed by atoms with Gasteiger partial charge in [-0.3, -0.25) is 4.98 Å². The minimum atomic E-state index is 0.948. The Morgan fingerprint density at radius 3 is 3.00 bits per heavy atom. The number of rotatable bonds is 2. The summed E-state index contributed by atoms with van der Waals surface area (Å²) in [7, 11) is 0. The summed E-state index contributed by atoms with van der Waals surface area (Å²) in [6.07, 6.45) is 5.65. The second-order valence-electron chi connectivity index (χ2n) is 2.95. The first-order valence-corrected chi connectivity index (χ1v) is 5.08. The van der Waals surface area contributed by atoms with E-state index in [1.54, 1.807) is 12.4 Å². The monoisotopic (exact) mass is 239 g/mol. The molecular weight excluding hydrogens is 230 g/mol. The van der Waals surface area contributed by atoms with E-state index in [1.165, 1.54) is 0 Å². The SMILES string of the molecule is CCCc1nc2c(Br)cncc2[nH]1. The number of aromatic amines is 1. The lowest BCUT2D eigenvalue weighted by Crippen LogP contribution is -1.84. The average molecular weight is 240 g/mol. The summed E-state index contributed by atoms with van der Waals surface area (Å²) in [5.74, 6) is 1.03. The Morgan fingerprint density at radius 2 is 2.31 bits per heavy atom. The summed E-state index contributed by atoms with van der Waals surface area (Å²) in [5.41, 5.74) is 1.97. The Bertz CT molecular complexity index is 422. The van der Waals surface area contributed by atoms with Gasteiger partial charge in [0.05, 0.1) is 16.2 Å². The lowest BCUT2D eigenvalue weighted by Gasteiger charge is -1.87. The Hall–Kier alpha value is -0.900. The van der Waals surface area contributed by atoms with Crippen LogP contribution in [0.15, 0.2) is 16.9 Å². The number of aromatic nitrogens is 3. The molecule has 4 heteroatoms. The van der Waals surface area contributed by atoms with Crippen molar-refractivity contribution in [1.82, 2.24) is 15.0 Å². The van der Waals surface area contributed by atoms with Gasteiger partial charge in [0.1, 0.15) is 11.3 Å². The lowest BCUT2D eigenvalue weighted by atomic mass is 10.3. The van der Waals surface area contributed by atoms with Crippen molar-refractivity contribution in [3.63, 3.8) is 0 Å². The number of H-pyrrole nitrogens is 1. The number of aryl methyl sites for hydroxylation is 1. The van der Waals surface area contributed by atoms with E-state index in [0.717, 1.165) is 34.2 Å². The minimum absolute atomic E-state index is 0.948. The number of hydrogen-bond donors (Lipinski definition) is 1. The Balaban J connectivity index is 2.55. The van der Waals surface area contributed by atoms with Crippen LogP contribution < -0.4 is 0 Å². The molecule has 0 saturated carbocycles. The number of imidazole rings is 1. The highest BCUT2D eigenvalue weighted by Crippen LogP contribution is 2.20. The Kier molecular flexibility index (Phi) is 2.31. The van der Waals surface area contributed by atoms with Crippen LogP contribution in [0.2, 0.25) is 0 Å². The average Bonchev–Trinajstić information content (AvgIpc) is 2.49. The van der Waals surface area contributed by atoms with Gasteiger partial charge in [-0.05, 0) is 22.4 Å². The molecular formula is C9H10BrN3. The number of hydrogen-bond acceptors (Lipinski definition) is 2. The topological polar surface area (TPSA) is 41.6 Å². The third kappa shape index (κ3) is 1.58. The molecule has 0 radical (unpaired) electrons. The van der Waals surface area contributed by atoms with Gasteiger partial charge in [0, 0.05) is 12.6 Å². The fourth-order valence-electron chi connectivity index (χ4n) is 1.31. The first-order chi connectivity index (χ1) is 6.31. The van der Waals surface area contributed by atoms with E-state index in [-0.39, 0.29) is 0 Å². The molecule has 13 heavy (non-hydrogen) atoms. The predicted octanol–water partition coefficient (Wildman–Crippen LogP) is 2.67. The van der Waals surface area contributed by atoms with Crippen LogP contribution in [0.1, 0.15) is 19.2 Å². The highest BCUT2D eigenvalue weighted by Gasteiger charge is 2.04. The van der Waals surface area contributed by atoms with Crippen LogP contribution in [0.5, 0.6) is 0 Å². The van der Waals surface area contributed by atoms with E-state index < -0.39 is 0 Å². The van der Waals surface area contributed by atoms with Crippen molar-refractivity contribution in [2.24, 2.45) is 0 Å². The van der Waals surface area contributed by atoms with Gasteiger partial charge in [0.2, 0.25) is 0 Å². The molecule has 0 aliphatic carbocycles. The van der Waals surface area contributed by atoms with Gasteiger partial charge in [-0.2, -0.15) is 0 Å². The van der Waals surface area contributed by atoms with E-state index in [1.807, 2.05) is 0 Å². The van der Waals surface area contributed by atoms with Crippen molar-refractivity contribution >= 4 is 27.0 Å². The van der Waals surface area contributed by atoms with Crippen LogP contribution in [0.3, 0.4) is 0 Å². The van der Waals surface area contributed by atoms with Crippen LogP contribution >= 0.6 is 15.9 Å². The van der Waals surface area contributed by atoms with E-state index in [4.69, 9.17) is 0 Å². The Morgan fingerprint density at radius 1 is 1.46 bits per heavy atom. The minimum Gasteiger partial charge on any atom is -0.341 e. The van der Waals surface area contributed by atoms with Crippen LogP contribution in [0, 0.1) is 0 Å².